The molecule has 33 heavy (non-hydrogen) atoms. The SMILES string of the molecule is Cc1ncc(-n2cc3c(n2)CN(C(=O)c2cc(C#N)ccc2O[C@@H](C)C(F)(F)F)C3)cc1F. The number of aromatic nitrogens is 3. The van der Waals surface area contributed by atoms with Crippen molar-refractivity contribution in [2.75, 3.05) is 0 Å². The van der Waals surface area contributed by atoms with E-state index in [1.165, 1.54) is 40.0 Å². The predicted octanol–water partition coefficient (Wildman–Crippen LogP) is 4.07. The molecule has 0 aliphatic carbocycles. The Morgan fingerprint density at radius 3 is 2.67 bits per heavy atom. The summed E-state index contributed by atoms with van der Waals surface area (Å²) in [5, 5.41) is 13.5. The molecular weight excluding hydrogens is 442 g/mol. The third-order valence-corrected chi connectivity index (χ3v) is 5.25. The molecule has 4 rings (SSSR count). The van der Waals surface area contributed by atoms with E-state index in [0.717, 1.165) is 6.92 Å². The van der Waals surface area contributed by atoms with Gasteiger partial charge in [-0.1, -0.05) is 0 Å². The molecule has 0 spiro atoms. The van der Waals surface area contributed by atoms with E-state index >= 15 is 0 Å². The van der Waals surface area contributed by atoms with Gasteiger partial charge in [-0.15, -0.1) is 0 Å². The fraction of sp³-hybridized carbons (Fsp3) is 0.273. The number of rotatable bonds is 4. The standard InChI is InChI=1S/C22H17F4N5O2/c1-12-18(23)6-16(8-28-12)31-10-15-9-30(11-19(15)29-31)21(32)17-5-14(7-27)3-4-20(17)33-13(2)22(24,25)26/h3-6,8,10,13H,9,11H2,1-2H3/t13-/m0/s1. The number of nitrogens with zero attached hydrogens (tertiary/aromatic N) is 5. The van der Waals surface area contributed by atoms with Crippen LogP contribution in [-0.2, 0) is 13.1 Å². The van der Waals surface area contributed by atoms with Crippen LogP contribution >= 0.6 is 0 Å². The summed E-state index contributed by atoms with van der Waals surface area (Å²) in [4.78, 5) is 18.5. The highest BCUT2D eigenvalue weighted by atomic mass is 19.4. The predicted molar refractivity (Wildman–Crippen MR) is 107 cm³/mol. The number of alkyl halides is 3. The average molecular weight is 459 g/mol. The van der Waals surface area contributed by atoms with Crippen LogP contribution in [0, 0.1) is 24.1 Å². The first-order chi connectivity index (χ1) is 15.6. The molecule has 1 amide bonds. The number of amides is 1. The second-order valence-electron chi connectivity index (χ2n) is 7.59. The molecule has 0 saturated carbocycles. The minimum absolute atomic E-state index is 0.0913. The zero-order valence-electron chi connectivity index (χ0n) is 17.5. The monoisotopic (exact) mass is 459 g/mol. The largest absolute Gasteiger partial charge is 0.480 e. The number of pyridine rings is 1. The molecule has 0 fully saturated rings. The van der Waals surface area contributed by atoms with Gasteiger partial charge in [0.1, 0.15) is 11.6 Å². The van der Waals surface area contributed by atoms with Crippen LogP contribution in [0.25, 0.3) is 5.69 Å². The normalized spacial score (nSPS) is 14.0. The van der Waals surface area contributed by atoms with Crippen molar-refractivity contribution in [3.8, 4) is 17.5 Å². The Kier molecular flexibility index (Phi) is 5.53. The molecule has 1 aromatic carbocycles. The Morgan fingerprint density at radius 1 is 1.27 bits per heavy atom. The number of carbonyl (C=O) groups excluding carboxylic acids is 1. The number of benzene rings is 1. The number of ether oxygens (including phenoxy) is 1. The number of halogens is 4. The molecule has 7 nitrogen and oxygen atoms in total. The van der Waals surface area contributed by atoms with Gasteiger partial charge in [0.25, 0.3) is 5.91 Å². The van der Waals surface area contributed by atoms with E-state index in [2.05, 4.69) is 10.1 Å². The molecule has 3 heterocycles. The maximum Gasteiger partial charge on any atom is 0.425 e. The zero-order valence-corrected chi connectivity index (χ0v) is 17.5. The maximum atomic E-state index is 13.8. The number of carbonyl (C=O) groups is 1. The number of hydrogen-bond donors (Lipinski definition) is 0. The van der Waals surface area contributed by atoms with Gasteiger partial charge in [-0.25, -0.2) is 9.07 Å². The van der Waals surface area contributed by atoms with Gasteiger partial charge >= 0.3 is 6.18 Å². The molecule has 1 atom stereocenters. The van der Waals surface area contributed by atoms with Crippen LogP contribution < -0.4 is 4.74 Å². The van der Waals surface area contributed by atoms with Gasteiger partial charge in [0, 0.05) is 24.4 Å². The Balaban J connectivity index is 1.57. The lowest BCUT2D eigenvalue weighted by Gasteiger charge is -2.22. The Hall–Kier alpha value is -3.94. The smallest absolute Gasteiger partial charge is 0.425 e. The van der Waals surface area contributed by atoms with Crippen molar-refractivity contribution in [2.45, 2.75) is 39.2 Å². The summed E-state index contributed by atoms with van der Waals surface area (Å²) in [6, 6.07) is 6.84. The quantitative estimate of drug-likeness (QED) is 0.549. The minimum Gasteiger partial charge on any atom is -0.480 e. The number of nitriles is 1. The third-order valence-electron chi connectivity index (χ3n) is 5.25. The average Bonchev–Trinajstić information content (AvgIpc) is 3.34. The number of hydrogen-bond acceptors (Lipinski definition) is 5. The molecule has 0 saturated heterocycles. The topological polar surface area (TPSA) is 84.0 Å². The highest BCUT2D eigenvalue weighted by Gasteiger charge is 2.39. The fourth-order valence-electron chi connectivity index (χ4n) is 3.35. The second kappa shape index (κ2) is 8.20. The zero-order chi connectivity index (χ0) is 23.9. The lowest BCUT2D eigenvalue weighted by molar-refractivity contribution is -0.189. The van der Waals surface area contributed by atoms with E-state index in [4.69, 9.17) is 10.00 Å². The molecular formula is C22H17F4N5O2. The van der Waals surface area contributed by atoms with Gasteiger partial charge in [0.05, 0.1) is 47.0 Å². The summed E-state index contributed by atoms with van der Waals surface area (Å²) in [6.07, 6.45) is -3.64. The Labute approximate surface area is 185 Å². The number of aryl methyl sites for hydroxylation is 1. The van der Waals surface area contributed by atoms with Crippen molar-refractivity contribution < 1.29 is 27.1 Å². The van der Waals surface area contributed by atoms with Crippen LogP contribution in [0.15, 0.2) is 36.7 Å². The van der Waals surface area contributed by atoms with E-state index in [-0.39, 0.29) is 35.7 Å². The molecule has 170 valence electrons. The van der Waals surface area contributed by atoms with Crippen molar-refractivity contribution in [1.29, 1.82) is 5.26 Å². The van der Waals surface area contributed by atoms with Gasteiger partial charge in [-0.2, -0.15) is 23.5 Å². The first-order valence-electron chi connectivity index (χ1n) is 9.83. The van der Waals surface area contributed by atoms with E-state index in [1.807, 2.05) is 6.07 Å². The van der Waals surface area contributed by atoms with Gasteiger partial charge < -0.3 is 9.64 Å². The summed E-state index contributed by atoms with van der Waals surface area (Å²) < 4.78 is 59.2. The summed E-state index contributed by atoms with van der Waals surface area (Å²) >= 11 is 0. The molecule has 2 aromatic heterocycles. The summed E-state index contributed by atoms with van der Waals surface area (Å²) in [5.74, 6) is -1.33. The molecule has 0 bridgehead atoms. The van der Waals surface area contributed by atoms with Gasteiger partial charge in [0.15, 0.2) is 6.10 Å². The van der Waals surface area contributed by atoms with E-state index < -0.39 is 24.0 Å². The van der Waals surface area contributed by atoms with Crippen LogP contribution in [0.5, 0.6) is 5.75 Å². The molecule has 1 aliphatic heterocycles. The van der Waals surface area contributed by atoms with Gasteiger partial charge in [-0.05, 0) is 32.0 Å². The minimum atomic E-state index is -4.62. The van der Waals surface area contributed by atoms with Crippen molar-refractivity contribution >= 4 is 5.91 Å². The van der Waals surface area contributed by atoms with Crippen LogP contribution in [0.1, 0.15) is 39.8 Å². The van der Waals surface area contributed by atoms with Crippen molar-refractivity contribution in [3.63, 3.8) is 0 Å². The van der Waals surface area contributed by atoms with E-state index in [1.54, 1.807) is 13.1 Å². The molecule has 11 heteroatoms. The highest BCUT2D eigenvalue weighted by molar-refractivity contribution is 5.97. The van der Waals surface area contributed by atoms with Crippen LogP contribution in [0.4, 0.5) is 17.6 Å². The Morgan fingerprint density at radius 2 is 2.03 bits per heavy atom. The first-order valence-corrected chi connectivity index (χ1v) is 9.83. The van der Waals surface area contributed by atoms with Crippen molar-refractivity contribution in [3.05, 3.63) is 70.6 Å². The van der Waals surface area contributed by atoms with Crippen molar-refractivity contribution in [1.82, 2.24) is 19.7 Å². The van der Waals surface area contributed by atoms with Crippen LogP contribution in [-0.4, -0.2) is 37.9 Å². The van der Waals surface area contributed by atoms with Gasteiger partial charge in [0.2, 0.25) is 0 Å². The summed E-state index contributed by atoms with van der Waals surface area (Å²) in [6.45, 7) is 2.61. The Bertz CT molecular complexity index is 1260. The molecule has 0 N–H and O–H groups in total. The molecule has 0 unspecified atom stereocenters. The van der Waals surface area contributed by atoms with E-state index in [9.17, 15) is 22.4 Å². The maximum absolute atomic E-state index is 13.8. The lowest BCUT2D eigenvalue weighted by atomic mass is 10.1. The molecule has 3 aromatic rings. The van der Waals surface area contributed by atoms with Gasteiger partial charge in [-0.3, -0.25) is 9.78 Å². The summed E-state index contributed by atoms with van der Waals surface area (Å²) in [7, 11) is 0. The van der Waals surface area contributed by atoms with Crippen molar-refractivity contribution in [2.24, 2.45) is 0 Å². The number of fused-ring (bicyclic) bond motifs is 1. The first kappa shape index (κ1) is 22.3. The van der Waals surface area contributed by atoms with E-state index in [0.29, 0.717) is 16.9 Å². The lowest BCUT2D eigenvalue weighted by Crippen LogP contribution is -2.32. The van der Waals surface area contributed by atoms with Crippen LogP contribution in [0.3, 0.4) is 0 Å². The third kappa shape index (κ3) is 4.37. The van der Waals surface area contributed by atoms with Crippen LogP contribution in [0.2, 0.25) is 0 Å². The highest BCUT2D eigenvalue weighted by Crippen LogP contribution is 2.31. The summed E-state index contributed by atoms with van der Waals surface area (Å²) in [5.41, 5.74) is 1.91. The molecule has 1 aliphatic rings. The fourth-order valence-corrected chi connectivity index (χ4v) is 3.35. The second-order valence-corrected chi connectivity index (χ2v) is 7.59. The molecule has 0 radical (unpaired) electrons.